The largest absolute Gasteiger partial charge is 0.349 e. The van der Waals surface area contributed by atoms with Crippen LogP contribution in [0.1, 0.15) is 35.5 Å². The molecule has 1 N–H and O–H groups in total. The highest BCUT2D eigenvalue weighted by Gasteiger charge is 2.17. The van der Waals surface area contributed by atoms with Gasteiger partial charge in [-0.2, -0.15) is 0 Å². The molecule has 1 saturated heterocycles. The standard InChI is InChI=1S/C11H15ClN4O2S/c12-11-15-14-10(19-11)9(18)13-5-4-8(17)16-6-2-1-3-7-16/h1-7H2,(H,13,18). The topological polar surface area (TPSA) is 75.2 Å². The first-order chi connectivity index (χ1) is 9.16. The Morgan fingerprint density at radius 2 is 2.00 bits per heavy atom. The molecular weight excluding hydrogens is 288 g/mol. The van der Waals surface area contributed by atoms with Crippen molar-refractivity contribution < 1.29 is 9.59 Å². The number of halogens is 1. The van der Waals surface area contributed by atoms with Crippen molar-refractivity contribution in [1.29, 1.82) is 0 Å². The van der Waals surface area contributed by atoms with Gasteiger partial charge in [-0.15, -0.1) is 10.2 Å². The van der Waals surface area contributed by atoms with Crippen LogP contribution in [-0.4, -0.2) is 46.5 Å². The molecule has 2 rings (SSSR count). The van der Waals surface area contributed by atoms with Crippen LogP contribution in [0.4, 0.5) is 0 Å². The van der Waals surface area contributed by atoms with E-state index in [2.05, 4.69) is 15.5 Å². The van der Waals surface area contributed by atoms with Gasteiger partial charge in [0.1, 0.15) is 0 Å². The Bertz CT molecular complexity index is 459. The zero-order valence-electron chi connectivity index (χ0n) is 10.4. The first kappa shape index (κ1) is 14.2. The molecule has 0 radical (unpaired) electrons. The number of likely N-dealkylation sites (tertiary alicyclic amines) is 1. The van der Waals surface area contributed by atoms with Crippen molar-refractivity contribution in [3.8, 4) is 0 Å². The van der Waals surface area contributed by atoms with Crippen molar-refractivity contribution in [3.63, 3.8) is 0 Å². The van der Waals surface area contributed by atoms with Crippen LogP contribution in [-0.2, 0) is 4.79 Å². The molecule has 8 heteroatoms. The maximum atomic E-state index is 11.8. The second-order valence-corrected chi connectivity index (χ2v) is 5.87. The number of aromatic nitrogens is 2. The molecule has 0 spiro atoms. The van der Waals surface area contributed by atoms with Crippen molar-refractivity contribution in [2.75, 3.05) is 19.6 Å². The minimum Gasteiger partial charge on any atom is -0.349 e. The highest BCUT2D eigenvalue weighted by Crippen LogP contribution is 2.14. The molecular formula is C11H15ClN4O2S. The number of nitrogens with one attached hydrogen (secondary N) is 1. The molecule has 1 aliphatic heterocycles. The third-order valence-corrected chi connectivity index (χ3v) is 3.95. The lowest BCUT2D eigenvalue weighted by molar-refractivity contribution is -0.131. The Labute approximate surface area is 120 Å². The lowest BCUT2D eigenvalue weighted by Gasteiger charge is -2.26. The summed E-state index contributed by atoms with van der Waals surface area (Å²) in [7, 11) is 0. The number of carbonyl (C=O) groups is 2. The maximum absolute atomic E-state index is 11.8. The fraction of sp³-hybridized carbons (Fsp3) is 0.636. The second-order valence-electron chi connectivity index (χ2n) is 4.31. The van der Waals surface area contributed by atoms with Crippen LogP contribution in [0.5, 0.6) is 0 Å². The minimum absolute atomic E-state index is 0.0929. The molecule has 19 heavy (non-hydrogen) atoms. The van der Waals surface area contributed by atoms with E-state index in [1.807, 2.05) is 4.90 Å². The molecule has 0 unspecified atom stereocenters. The normalized spacial score (nSPS) is 15.3. The van der Waals surface area contributed by atoms with Crippen LogP contribution < -0.4 is 5.32 Å². The molecule has 1 fully saturated rings. The highest BCUT2D eigenvalue weighted by molar-refractivity contribution is 7.17. The van der Waals surface area contributed by atoms with Gasteiger partial charge in [-0.1, -0.05) is 11.3 Å². The van der Waals surface area contributed by atoms with Gasteiger partial charge in [-0.05, 0) is 30.9 Å². The molecule has 1 aromatic rings. The van der Waals surface area contributed by atoms with Crippen LogP contribution in [0.25, 0.3) is 0 Å². The molecule has 1 aliphatic rings. The van der Waals surface area contributed by atoms with Gasteiger partial charge in [0.05, 0.1) is 0 Å². The number of carbonyl (C=O) groups excluding carboxylic acids is 2. The molecule has 0 aromatic carbocycles. The second kappa shape index (κ2) is 6.81. The van der Waals surface area contributed by atoms with Crippen LogP contribution in [0.15, 0.2) is 0 Å². The van der Waals surface area contributed by atoms with E-state index >= 15 is 0 Å². The number of piperidine rings is 1. The number of amides is 2. The average molecular weight is 303 g/mol. The van der Waals surface area contributed by atoms with E-state index in [9.17, 15) is 9.59 Å². The summed E-state index contributed by atoms with van der Waals surface area (Å²) < 4.78 is 0.231. The molecule has 0 aliphatic carbocycles. The SMILES string of the molecule is O=C(NCCC(=O)N1CCCCC1)c1nnc(Cl)s1. The van der Waals surface area contributed by atoms with Crippen LogP contribution in [0.3, 0.4) is 0 Å². The van der Waals surface area contributed by atoms with E-state index in [1.54, 1.807) is 0 Å². The third-order valence-electron chi connectivity index (χ3n) is 2.93. The van der Waals surface area contributed by atoms with Crippen LogP contribution in [0, 0.1) is 0 Å². The van der Waals surface area contributed by atoms with Gasteiger partial charge in [0, 0.05) is 26.1 Å². The van der Waals surface area contributed by atoms with Crippen LogP contribution >= 0.6 is 22.9 Å². The van der Waals surface area contributed by atoms with Gasteiger partial charge >= 0.3 is 0 Å². The van der Waals surface area contributed by atoms with Crippen molar-refractivity contribution in [3.05, 3.63) is 9.47 Å². The van der Waals surface area contributed by atoms with Gasteiger partial charge < -0.3 is 10.2 Å². The van der Waals surface area contributed by atoms with Gasteiger partial charge in [-0.3, -0.25) is 9.59 Å². The molecule has 2 heterocycles. The number of hydrogen-bond acceptors (Lipinski definition) is 5. The predicted molar refractivity (Wildman–Crippen MR) is 72.3 cm³/mol. The summed E-state index contributed by atoms with van der Waals surface area (Å²) in [6, 6.07) is 0. The molecule has 1 aromatic heterocycles. The minimum atomic E-state index is -0.337. The van der Waals surface area contributed by atoms with Gasteiger partial charge in [-0.25, -0.2) is 0 Å². The van der Waals surface area contributed by atoms with Crippen molar-refractivity contribution in [2.24, 2.45) is 0 Å². The Morgan fingerprint density at radius 1 is 1.26 bits per heavy atom. The van der Waals surface area contributed by atoms with E-state index in [0.29, 0.717) is 13.0 Å². The van der Waals surface area contributed by atoms with E-state index in [-0.39, 0.29) is 21.3 Å². The van der Waals surface area contributed by atoms with E-state index in [0.717, 1.165) is 37.3 Å². The molecule has 6 nitrogen and oxygen atoms in total. The van der Waals surface area contributed by atoms with Crippen molar-refractivity contribution >= 4 is 34.8 Å². The fourth-order valence-electron chi connectivity index (χ4n) is 1.96. The predicted octanol–water partition coefficient (Wildman–Crippen LogP) is 1.32. The van der Waals surface area contributed by atoms with Crippen molar-refractivity contribution in [1.82, 2.24) is 20.4 Å². The summed E-state index contributed by atoms with van der Waals surface area (Å²) in [6.45, 7) is 1.98. The molecule has 2 amide bonds. The lowest BCUT2D eigenvalue weighted by atomic mass is 10.1. The summed E-state index contributed by atoms with van der Waals surface area (Å²) in [5.74, 6) is -0.244. The molecule has 104 valence electrons. The Balaban J connectivity index is 1.71. The summed E-state index contributed by atoms with van der Waals surface area (Å²) >= 11 is 6.61. The Kier molecular flexibility index (Phi) is 5.09. The lowest BCUT2D eigenvalue weighted by Crippen LogP contribution is -2.37. The smallest absolute Gasteiger partial charge is 0.282 e. The molecule has 0 atom stereocenters. The van der Waals surface area contributed by atoms with Gasteiger partial charge in [0.2, 0.25) is 15.4 Å². The van der Waals surface area contributed by atoms with E-state index in [1.165, 1.54) is 6.42 Å². The highest BCUT2D eigenvalue weighted by atomic mass is 35.5. The maximum Gasteiger partial charge on any atom is 0.282 e. The first-order valence-corrected chi connectivity index (χ1v) is 7.41. The Hall–Kier alpha value is -1.21. The average Bonchev–Trinajstić information content (AvgIpc) is 2.86. The van der Waals surface area contributed by atoms with Gasteiger partial charge in [0.25, 0.3) is 5.91 Å². The summed E-state index contributed by atoms with van der Waals surface area (Å²) in [5.41, 5.74) is 0. The number of hydrogen-bond donors (Lipinski definition) is 1. The summed E-state index contributed by atoms with van der Waals surface area (Å²) in [5, 5.41) is 10.0. The van der Waals surface area contributed by atoms with Gasteiger partial charge in [0.15, 0.2) is 0 Å². The van der Waals surface area contributed by atoms with E-state index < -0.39 is 0 Å². The van der Waals surface area contributed by atoms with E-state index in [4.69, 9.17) is 11.6 Å². The molecule has 0 bridgehead atoms. The Morgan fingerprint density at radius 3 is 2.63 bits per heavy atom. The number of rotatable bonds is 4. The molecule has 0 saturated carbocycles. The number of nitrogens with zero attached hydrogens (tertiary/aromatic N) is 3. The first-order valence-electron chi connectivity index (χ1n) is 6.22. The third kappa shape index (κ3) is 4.14. The zero-order chi connectivity index (χ0) is 13.7. The summed E-state index contributed by atoms with van der Waals surface area (Å²) in [4.78, 5) is 25.3. The summed E-state index contributed by atoms with van der Waals surface area (Å²) in [6.07, 6.45) is 3.65. The fourth-order valence-corrected chi connectivity index (χ4v) is 2.70. The van der Waals surface area contributed by atoms with Crippen LogP contribution in [0.2, 0.25) is 4.47 Å². The van der Waals surface area contributed by atoms with Crippen molar-refractivity contribution in [2.45, 2.75) is 25.7 Å². The quantitative estimate of drug-likeness (QED) is 0.910. The zero-order valence-corrected chi connectivity index (χ0v) is 12.0. The monoisotopic (exact) mass is 302 g/mol.